The summed E-state index contributed by atoms with van der Waals surface area (Å²) in [6, 6.07) is 3.59. The highest BCUT2D eigenvalue weighted by Gasteiger charge is 2.20. The number of benzene rings is 1. The number of rotatable bonds is 4. The van der Waals surface area contributed by atoms with Gasteiger partial charge in [-0.15, -0.1) is 12.3 Å². The molecule has 1 unspecified atom stereocenters. The molecule has 1 amide bonds. The fraction of sp³-hybridized carbons (Fsp3) is 0.167. The number of hydrogen-bond acceptors (Lipinski definition) is 3. The lowest BCUT2D eigenvalue weighted by Gasteiger charge is -2.13. The lowest BCUT2D eigenvalue weighted by atomic mass is 10.1. The van der Waals surface area contributed by atoms with Crippen LogP contribution in [0, 0.1) is 12.3 Å². The van der Waals surface area contributed by atoms with Gasteiger partial charge in [0.05, 0.1) is 5.56 Å². The van der Waals surface area contributed by atoms with E-state index in [9.17, 15) is 9.59 Å². The first kappa shape index (κ1) is 14.1. The molecule has 1 rings (SSSR count). The van der Waals surface area contributed by atoms with Crippen LogP contribution in [0.2, 0.25) is 0 Å². The zero-order chi connectivity index (χ0) is 13.7. The van der Waals surface area contributed by atoms with Crippen molar-refractivity contribution in [2.24, 2.45) is 0 Å². The molecular weight excluding hydrogens is 300 g/mol. The molecular formula is C12H11BrN2O3. The Bertz CT molecular complexity index is 523. The fourth-order valence-corrected chi connectivity index (χ4v) is 1.67. The molecule has 0 bridgehead atoms. The molecule has 0 aliphatic rings. The van der Waals surface area contributed by atoms with Crippen LogP contribution in [-0.2, 0) is 4.79 Å². The van der Waals surface area contributed by atoms with Gasteiger partial charge in [0.15, 0.2) is 0 Å². The molecule has 0 aliphatic heterocycles. The van der Waals surface area contributed by atoms with E-state index in [-0.39, 0.29) is 17.7 Å². The molecule has 18 heavy (non-hydrogen) atoms. The smallest absolute Gasteiger partial charge is 0.327 e. The van der Waals surface area contributed by atoms with Crippen molar-refractivity contribution < 1.29 is 14.7 Å². The number of terminal acetylenes is 1. The number of halogens is 1. The largest absolute Gasteiger partial charge is 0.480 e. The number of amides is 1. The predicted molar refractivity (Wildman–Crippen MR) is 70.9 cm³/mol. The van der Waals surface area contributed by atoms with Gasteiger partial charge in [-0.1, -0.05) is 15.9 Å². The molecule has 0 fully saturated rings. The van der Waals surface area contributed by atoms with E-state index in [1.54, 1.807) is 12.1 Å². The van der Waals surface area contributed by atoms with Crippen LogP contribution < -0.4 is 11.1 Å². The number of anilines is 1. The summed E-state index contributed by atoms with van der Waals surface area (Å²) >= 11 is 3.21. The normalized spacial score (nSPS) is 11.3. The van der Waals surface area contributed by atoms with E-state index < -0.39 is 17.9 Å². The first-order valence-corrected chi connectivity index (χ1v) is 5.77. The number of nitrogen functional groups attached to an aromatic ring is 1. The molecule has 94 valence electrons. The highest BCUT2D eigenvalue weighted by molar-refractivity contribution is 9.10. The van der Waals surface area contributed by atoms with Crippen LogP contribution in [0.1, 0.15) is 16.8 Å². The highest BCUT2D eigenvalue weighted by atomic mass is 79.9. The minimum absolute atomic E-state index is 0.0858. The van der Waals surface area contributed by atoms with Gasteiger partial charge in [0.2, 0.25) is 0 Å². The number of carbonyl (C=O) groups excluding carboxylic acids is 1. The number of nitrogens with one attached hydrogen (secondary N) is 1. The van der Waals surface area contributed by atoms with Crippen molar-refractivity contribution in [3.63, 3.8) is 0 Å². The van der Waals surface area contributed by atoms with Gasteiger partial charge in [0, 0.05) is 16.6 Å². The van der Waals surface area contributed by atoms with E-state index in [1.165, 1.54) is 6.07 Å². The molecule has 1 aromatic carbocycles. The molecule has 0 aliphatic carbocycles. The minimum Gasteiger partial charge on any atom is -0.480 e. The van der Waals surface area contributed by atoms with Gasteiger partial charge in [-0.3, -0.25) is 4.79 Å². The van der Waals surface area contributed by atoms with E-state index in [2.05, 4.69) is 27.2 Å². The van der Waals surface area contributed by atoms with Gasteiger partial charge in [0.1, 0.15) is 6.04 Å². The molecule has 5 nitrogen and oxygen atoms in total. The van der Waals surface area contributed by atoms with Crippen molar-refractivity contribution in [2.45, 2.75) is 12.5 Å². The average Bonchev–Trinajstić information content (AvgIpc) is 2.27. The third kappa shape index (κ3) is 3.50. The van der Waals surface area contributed by atoms with E-state index in [0.29, 0.717) is 0 Å². The van der Waals surface area contributed by atoms with Crippen LogP contribution >= 0.6 is 15.9 Å². The second-order valence-corrected chi connectivity index (χ2v) is 4.42. The summed E-state index contributed by atoms with van der Waals surface area (Å²) in [5, 5.41) is 11.2. The van der Waals surface area contributed by atoms with Crippen LogP contribution in [0.5, 0.6) is 0 Å². The molecule has 6 heteroatoms. The molecule has 1 aromatic rings. The van der Waals surface area contributed by atoms with Crippen molar-refractivity contribution in [3.05, 3.63) is 28.2 Å². The number of carbonyl (C=O) groups is 2. The summed E-state index contributed by atoms with van der Waals surface area (Å²) < 4.78 is 0.731. The summed E-state index contributed by atoms with van der Waals surface area (Å²) in [6.45, 7) is 0. The van der Waals surface area contributed by atoms with Gasteiger partial charge >= 0.3 is 5.97 Å². The van der Waals surface area contributed by atoms with Crippen LogP contribution in [-0.4, -0.2) is 23.0 Å². The Morgan fingerprint density at radius 2 is 2.22 bits per heavy atom. The Labute approximate surface area is 112 Å². The SMILES string of the molecule is C#CCC(NC(=O)c1ccc(Br)cc1N)C(=O)O. The summed E-state index contributed by atoms with van der Waals surface area (Å²) in [5.41, 5.74) is 6.14. The van der Waals surface area contributed by atoms with Gasteiger partial charge in [-0.05, 0) is 18.2 Å². The third-order valence-electron chi connectivity index (χ3n) is 2.18. The molecule has 0 radical (unpaired) electrons. The van der Waals surface area contributed by atoms with E-state index in [0.717, 1.165) is 4.47 Å². The second-order valence-electron chi connectivity index (χ2n) is 3.50. The Morgan fingerprint density at radius 3 is 2.72 bits per heavy atom. The van der Waals surface area contributed by atoms with Crippen LogP contribution in [0.4, 0.5) is 5.69 Å². The molecule has 4 N–H and O–H groups in total. The van der Waals surface area contributed by atoms with Crippen LogP contribution in [0.25, 0.3) is 0 Å². The summed E-state index contributed by atoms with van der Waals surface area (Å²) in [7, 11) is 0. The number of carboxylic acid groups (broad SMARTS) is 1. The summed E-state index contributed by atoms with van der Waals surface area (Å²) in [5.74, 6) is 0.445. The molecule has 0 aromatic heterocycles. The summed E-state index contributed by atoms with van der Waals surface area (Å²) in [6.07, 6.45) is 4.95. The summed E-state index contributed by atoms with van der Waals surface area (Å²) in [4.78, 5) is 22.7. The van der Waals surface area contributed by atoms with Gasteiger partial charge < -0.3 is 16.2 Å². The Balaban J connectivity index is 2.87. The van der Waals surface area contributed by atoms with Gasteiger partial charge in [0.25, 0.3) is 5.91 Å². The number of aliphatic carboxylic acids is 1. The molecule has 0 saturated carbocycles. The monoisotopic (exact) mass is 310 g/mol. The predicted octanol–water partition coefficient (Wildman–Crippen LogP) is 1.24. The lowest BCUT2D eigenvalue weighted by Crippen LogP contribution is -2.40. The Hall–Kier alpha value is -2.00. The Kier molecular flexibility index (Phi) is 4.75. The maximum absolute atomic E-state index is 11.8. The van der Waals surface area contributed by atoms with E-state index >= 15 is 0 Å². The minimum atomic E-state index is -1.18. The first-order valence-electron chi connectivity index (χ1n) is 4.98. The zero-order valence-corrected chi connectivity index (χ0v) is 10.9. The van der Waals surface area contributed by atoms with E-state index in [4.69, 9.17) is 17.3 Å². The van der Waals surface area contributed by atoms with Gasteiger partial charge in [-0.2, -0.15) is 0 Å². The van der Waals surface area contributed by atoms with Gasteiger partial charge in [-0.25, -0.2) is 4.79 Å². The maximum atomic E-state index is 11.8. The van der Waals surface area contributed by atoms with Crippen molar-refractivity contribution >= 4 is 33.5 Å². The van der Waals surface area contributed by atoms with Crippen LogP contribution in [0.15, 0.2) is 22.7 Å². The standard InChI is InChI=1S/C12H11BrN2O3/c1-2-3-10(12(17)18)15-11(16)8-5-4-7(13)6-9(8)14/h1,4-6,10H,3,14H2,(H,15,16)(H,17,18). The Morgan fingerprint density at radius 1 is 1.56 bits per heavy atom. The molecule has 0 heterocycles. The average molecular weight is 311 g/mol. The van der Waals surface area contributed by atoms with Crippen molar-refractivity contribution in [2.75, 3.05) is 5.73 Å². The quantitative estimate of drug-likeness (QED) is 0.576. The topological polar surface area (TPSA) is 92.4 Å². The van der Waals surface area contributed by atoms with E-state index in [1.807, 2.05) is 0 Å². The fourth-order valence-electron chi connectivity index (χ4n) is 1.29. The number of hydrogen-bond donors (Lipinski definition) is 3. The second kappa shape index (κ2) is 6.07. The molecule has 0 saturated heterocycles. The van der Waals surface area contributed by atoms with Crippen molar-refractivity contribution in [3.8, 4) is 12.3 Å². The van der Waals surface area contributed by atoms with Crippen molar-refractivity contribution in [1.29, 1.82) is 0 Å². The maximum Gasteiger partial charge on any atom is 0.327 e. The highest BCUT2D eigenvalue weighted by Crippen LogP contribution is 2.18. The third-order valence-corrected chi connectivity index (χ3v) is 2.68. The van der Waals surface area contributed by atoms with Crippen LogP contribution in [0.3, 0.4) is 0 Å². The lowest BCUT2D eigenvalue weighted by molar-refractivity contribution is -0.139. The number of nitrogens with two attached hydrogens (primary N) is 1. The molecule has 1 atom stereocenters. The zero-order valence-electron chi connectivity index (χ0n) is 9.31. The van der Waals surface area contributed by atoms with Crippen molar-refractivity contribution in [1.82, 2.24) is 5.32 Å². The molecule has 0 spiro atoms. The first-order chi connectivity index (χ1) is 8.45. The number of carboxylic acids is 1.